The van der Waals surface area contributed by atoms with Gasteiger partial charge in [0.25, 0.3) is 0 Å². The van der Waals surface area contributed by atoms with E-state index in [-0.39, 0.29) is 42.6 Å². The highest BCUT2D eigenvalue weighted by Crippen LogP contribution is 2.23. The van der Waals surface area contributed by atoms with E-state index in [0.29, 0.717) is 30.1 Å². The lowest BCUT2D eigenvalue weighted by Gasteiger charge is -2.19. The summed E-state index contributed by atoms with van der Waals surface area (Å²) >= 11 is 0. The Hall–Kier alpha value is -2.37. The van der Waals surface area contributed by atoms with Gasteiger partial charge in [0.1, 0.15) is 11.6 Å². The topological polar surface area (TPSA) is 137 Å². The number of benzene rings is 1. The molecule has 0 saturated carbocycles. The highest BCUT2D eigenvalue weighted by Gasteiger charge is 2.17. The molecule has 0 aliphatic carbocycles. The predicted octanol–water partition coefficient (Wildman–Crippen LogP) is 2.04. The quantitative estimate of drug-likeness (QED) is 0.404. The van der Waals surface area contributed by atoms with Crippen LogP contribution in [-0.2, 0) is 23.1 Å². The Balaban J connectivity index is 2.31. The summed E-state index contributed by atoms with van der Waals surface area (Å²) in [5, 5.41) is 21.8. The number of rotatable bonds is 11. The molecule has 172 valence electrons. The number of nitrogens with one attached hydrogen (secondary N) is 2. The van der Waals surface area contributed by atoms with Gasteiger partial charge in [-0.1, -0.05) is 32.9 Å². The first-order chi connectivity index (χ1) is 14.5. The summed E-state index contributed by atoms with van der Waals surface area (Å²) in [5.41, 5.74) is 0.901. The van der Waals surface area contributed by atoms with Crippen molar-refractivity contribution in [1.29, 1.82) is 0 Å². The Morgan fingerprint density at radius 1 is 1.10 bits per heavy atom. The smallest absolute Gasteiger partial charge is 0.241 e. The highest BCUT2D eigenvalue weighted by molar-refractivity contribution is 7.91. The second-order valence-electron chi connectivity index (χ2n) is 8.04. The number of nitrogens with zero attached hydrogens (tertiary/aromatic N) is 3. The molecule has 2 aromatic rings. The molecule has 11 heteroatoms. The van der Waals surface area contributed by atoms with Crippen molar-refractivity contribution in [2.75, 3.05) is 22.9 Å². The van der Waals surface area contributed by atoms with Gasteiger partial charge < -0.3 is 15.5 Å². The van der Waals surface area contributed by atoms with Crippen LogP contribution < -0.4 is 10.0 Å². The second-order valence-corrected chi connectivity index (χ2v) is 9.79. The van der Waals surface area contributed by atoms with Crippen molar-refractivity contribution >= 4 is 21.9 Å². The zero-order valence-corrected chi connectivity index (χ0v) is 18.9. The molecule has 1 heterocycles. The van der Waals surface area contributed by atoms with E-state index < -0.39 is 15.8 Å². The van der Waals surface area contributed by atoms with Gasteiger partial charge in [-0.3, -0.25) is 4.72 Å². The van der Waals surface area contributed by atoms with Crippen LogP contribution in [0.5, 0.6) is 0 Å². The Morgan fingerprint density at radius 3 is 2.32 bits per heavy atom. The van der Waals surface area contributed by atoms with E-state index in [2.05, 4.69) is 25.0 Å². The fourth-order valence-electron chi connectivity index (χ4n) is 3.11. The molecule has 2 unspecified atom stereocenters. The average Bonchev–Trinajstić information content (AvgIpc) is 2.65. The minimum absolute atomic E-state index is 0.134. The van der Waals surface area contributed by atoms with Crippen LogP contribution in [0.4, 0.5) is 16.3 Å². The van der Waals surface area contributed by atoms with Gasteiger partial charge >= 0.3 is 0 Å². The van der Waals surface area contributed by atoms with E-state index in [1.807, 2.05) is 20.8 Å². The van der Waals surface area contributed by atoms with Gasteiger partial charge in [0, 0.05) is 12.0 Å². The Labute approximate surface area is 182 Å². The fourth-order valence-corrected chi connectivity index (χ4v) is 3.53. The number of hydrogen-bond donors (Lipinski definition) is 4. The van der Waals surface area contributed by atoms with Crippen molar-refractivity contribution in [2.24, 2.45) is 5.92 Å². The molecule has 31 heavy (non-hydrogen) atoms. The molecule has 0 aliphatic rings. The van der Waals surface area contributed by atoms with Crippen molar-refractivity contribution in [1.82, 2.24) is 15.0 Å². The van der Waals surface area contributed by atoms with Gasteiger partial charge in [-0.05, 0) is 29.9 Å². The number of sulfonamides is 1. The third kappa shape index (κ3) is 8.00. The van der Waals surface area contributed by atoms with Crippen LogP contribution in [0.2, 0.25) is 0 Å². The number of aliphatic hydroxyl groups is 2. The SMILES string of the molecule is CC(C)CC(CO)Nc1nc(CC(C)c2ccc(CO)c(F)c2)nc(NS(C)(=O)=O)n1. The molecule has 2 atom stereocenters. The van der Waals surface area contributed by atoms with Crippen molar-refractivity contribution in [3.8, 4) is 0 Å². The second kappa shape index (κ2) is 10.8. The minimum Gasteiger partial charge on any atom is -0.394 e. The van der Waals surface area contributed by atoms with E-state index in [4.69, 9.17) is 5.11 Å². The van der Waals surface area contributed by atoms with E-state index >= 15 is 0 Å². The van der Waals surface area contributed by atoms with Crippen LogP contribution in [0.15, 0.2) is 18.2 Å². The van der Waals surface area contributed by atoms with Crippen molar-refractivity contribution in [3.05, 3.63) is 41.0 Å². The number of hydrogen-bond acceptors (Lipinski definition) is 8. The van der Waals surface area contributed by atoms with Crippen LogP contribution in [0, 0.1) is 11.7 Å². The molecule has 4 N–H and O–H groups in total. The molecule has 1 aromatic heterocycles. The largest absolute Gasteiger partial charge is 0.394 e. The molecule has 0 bridgehead atoms. The standard InChI is InChI=1S/C20H30FN5O4S/c1-12(2)7-16(11-28)22-19-23-18(24-20(25-19)26-31(4,29)30)8-13(3)14-5-6-15(10-27)17(21)9-14/h5-6,9,12-13,16,27-28H,7-8,10-11H2,1-4H3,(H2,22,23,24,25,26). The van der Waals surface area contributed by atoms with Gasteiger partial charge in [0.05, 0.1) is 25.5 Å². The summed E-state index contributed by atoms with van der Waals surface area (Å²) in [4.78, 5) is 12.7. The first-order valence-electron chi connectivity index (χ1n) is 10.00. The van der Waals surface area contributed by atoms with E-state index in [0.717, 1.165) is 6.26 Å². The minimum atomic E-state index is -3.61. The van der Waals surface area contributed by atoms with Gasteiger partial charge in [-0.25, -0.2) is 12.8 Å². The summed E-state index contributed by atoms with van der Waals surface area (Å²) in [6.45, 7) is 5.38. The lowest BCUT2D eigenvalue weighted by Crippen LogP contribution is -2.27. The summed E-state index contributed by atoms with van der Waals surface area (Å²) in [7, 11) is -3.61. The lowest BCUT2D eigenvalue weighted by atomic mass is 9.96. The van der Waals surface area contributed by atoms with E-state index in [1.54, 1.807) is 6.07 Å². The Kier molecular flexibility index (Phi) is 8.66. The normalized spacial score (nSPS) is 13.8. The summed E-state index contributed by atoms with van der Waals surface area (Å²) in [5.74, 6) is -0.0489. The van der Waals surface area contributed by atoms with Crippen LogP contribution in [0.1, 0.15) is 50.1 Å². The third-order valence-electron chi connectivity index (χ3n) is 4.57. The number of aromatic nitrogens is 3. The van der Waals surface area contributed by atoms with Gasteiger partial charge in [-0.15, -0.1) is 0 Å². The van der Waals surface area contributed by atoms with Crippen LogP contribution in [0.25, 0.3) is 0 Å². The molecular formula is C20H30FN5O4S. The molecule has 0 fully saturated rings. The van der Waals surface area contributed by atoms with Gasteiger partial charge in [-0.2, -0.15) is 15.0 Å². The molecule has 9 nitrogen and oxygen atoms in total. The molecule has 0 radical (unpaired) electrons. The zero-order chi connectivity index (χ0) is 23.2. The van der Waals surface area contributed by atoms with E-state index in [9.17, 15) is 17.9 Å². The fraction of sp³-hybridized carbons (Fsp3) is 0.550. The number of halogens is 1. The summed E-state index contributed by atoms with van der Waals surface area (Å²) in [6, 6.07) is 4.30. The van der Waals surface area contributed by atoms with Crippen molar-refractivity contribution in [2.45, 2.75) is 52.2 Å². The van der Waals surface area contributed by atoms with Crippen LogP contribution in [-0.4, -0.2) is 52.5 Å². The van der Waals surface area contributed by atoms with Crippen molar-refractivity contribution in [3.63, 3.8) is 0 Å². The van der Waals surface area contributed by atoms with Crippen molar-refractivity contribution < 1.29 is 23.0 Å². The van der Waals surface area contributed by atoms with E-state index in [1.165, 1.54) is 12.1 Å². The first-order valence-corrected chi connectivity index (χ1v) is 11.9. The predicted molar refractivity (Wildman–Crippen MR) is 117 cm³/mol. The third-order valence-corrected chi connectivity index (χ3v) is 5.13. The number of anilines is 2. The first kappa shape index (κ1) is 24.9. The Bertz CT molecular complexity index is 988. The highest BCUT2D eigenvalue weighted by atomic mass is 32.2. The average molecular weight is 456 g/mol. The lowest BCUT2D eigenvalue weighted by molar-refractivity contribution is 0.259. The summed E-state index contributed by atoms with van der Waals surface area (Å²) < 4.78 is 39.6. The molecule has 0 saturated heterocycles. The maximum atomic E-state index is 14.0. The maximum Gasteiger partial charge on any atom is 0.241 e. The van der Waals surface area contributed by atoms with Crippen LogP contribution in [0.3, 0.4) is 0 Å². The molecule has 0 aliphatic heterocycles. The molecule has 0 amide bonds. The molecule has 2 rings (SSSR count). The van der Waals surface area contributed by atoms with Gasteiger partial charge in [0.15, 0.2) is 0 Å². The maximum absolute atomic E-state index is 14.0. The molecule has 0 spiro atoms. The molecule has 1 aromatic carbocycles. The number of aliphatic hydroxyl groups excluding tert-OH is 2. The van der Waals surface area contributed by atoms with Crippen LogP contribution >= 0.6 is 0 Å². The summed E-state index contributed by atoms with van der Waals surface area (Å²) in [6.07, 6.45) is 1.95. The monoisotopic (exact) mass is 455 g/mol. The Morgan fingerprint density at radius 2 is 1.77 bits per heavy atom. The molecular weight excluding hydrogens is 425 g/mol. The zero-order valence-electron chi connectivity index (χ0n) is 18.1. The van der Waals surface area contributed by atoms with Gasteiger partial charge in [0.2, 0.25) is 21.9 Å².